The molecule has 1 aliphatic heterocycles. The Bertz CT molecular complexity index is 1560. The van der Waals surface area contributed by atoms with Crippen molar-refractivity contribution in [2.24, 2.45) is 0 Å². The lowest BCUT2D eigenvalue weighted by Crippen LogP contribution is -2.37. The summed E-state index contributed by atoms with van der Waals surface area (Å²) in [6, 6.07) is 19.9. The number of methoxy groups -OCH3 is 2. The van der Waals surface area contributed by atoms with Crippen molar-refractivity contribution in [1.29, 1.82) is 0 Å². The van der Waals surface area contributed by atoms with E-state index in [0.717, 1.165) is 24.2 Å². The first-order chi connectivity index (χ1) is 19.5. The van der Waals surface area contributed by atoms with Crippen molar-refractivity contribution in [3.8, 4) is 17.2 Å². The maximum Gasteiger partial charge on any atom is 0.290 e. The minimum atomic E-state index is -0.627. The summed E-state index contributed by atoms with van der Waals surface area (Å²) in [5.74, 6) is 1.41. The van der Waals surface area contributed by atoms with Crippen LogP contribution in [0.2, 0.25) is 0 Å². The molecule has 5 rings (SSSR count). The monoisotopic (exact) mass is 542 g/mol. The molecule has 1 unspecified atom stereocenters. The Morgan fingerprint density at radius 3 is 2.38 bits per heavy atom. The van der Waals surface area contributed by atoms with Crippen molar-refractivity contribution in [1.82, 2.24) is 9.80 Å². The van der Waals surface area contributed by atoms with Crippen LogP contribution in [0.4, 0.5) is 0 Å². The summed E-state index contributed by atoms with van der Waals surface area (Å²) in [7, 11) is 3.12. The Morgan fingerprint density at radius 1 is 0.900 bits per heavy atom. The number of carbonyl (C=O) groups is 1. The van der Waals surface area contributed by atoms with E-state index in [1.54, 1.807) is 37.3 Å². The Hall–Kier alpha value is -4.30. The topological polar surface area (TPSA) is 81.5 Å². The second-order valence-corrected chi connectivity index (χ2v) is 9.65. The predicted molar refractivity (Wildman–Crippen MR) is 153 cm³/mol. The zero-order valence-electron chi connectivity index (χ0n) is 23.3. The van der Waals surface area contributed by atoms with E-state index in [1.165, 1.54) is 0 Å². The van der Waals surface area contributed by atoms with Gasteiger partial charge in [0.15, 0.2) is 16.9 Å². The first-order valence-corrected chi connectivity index (χ1v) is 13.5. The van der Waals surface area contributed by atoms with Crippen molar-refractivity contribution in [2.45, 2.75) is 26.5 Å². The minimum absolute atomic E-state index is 0.0682. The van der Waals surface area contributed by atoms with Gasteiger partial charge >= 0.3 is 0 Å². The molecule has 0 spiro atoms. The third kappa shape index (κ3) is 5.14. The Balaban J connectivity index is 1.57. The predicted octanol–water partition coefficient (Wildman–Crippen LogP) is 5.28. The molecular formula is C32H34N2O6. The molecule has 2 heterocycles. The standard InChI is InChI=1S/C32H34N2O6/c1-5-33(6-2)16-17-34-29(22-12-15-25(27(18-22)38-4)39-20-21-10-8-7-9-11-21)28-30(35)24-14-13-23(37-3)19-26(24)40-31(28)32(34)36/h7-15,18-19,29H,5-6,16-17,20H2,1-4H3. The largest absolute Gasteiger partial charge is 0.497 e. The molecule has 1 aromatic heterocycles. The van der Waals surface area contributed by atoms with Crippen LogP contribution < -0.4 is 19.6 Å². The lowest BCUT2D eigenvalue weighted by Gasteiger charge is -2.28. The molecule has 0 bridgehead atoms. The van der Waals surface area contributed by atoms with Gasteiger partial charge in [-0.2, -0.15) is 0 Å². The number of carbonyl (C=O) groups excluding carboxylic acids is 1. The Morgan fingerprint density at radius 2 is 1.68 bits per heavy atom. The Labute approximate surface area is 233 Å². The van der Waals surface area contributed by atoms with Crippen molar-refractivity contribution in [3.05, 3.63) is 99.4 Å². The van der Waals surface area contributed by atoms with Gasteiger partial charge in [0, 0.05) is 19.2 Å². The molecule has 1 amide bonds. The fourth-order valence-electron chi connectivity index (χ4n) is 5.20. The van der Waals surface area contributed by atoms with E-state index in [2.05, 4.69) is 18.7 Å². The average molecular weight is 543 g/mol. The molecule has 8 heteroatoms. The molecule has 1 aliphatic rings. The number of hydrogen-bond acceptors (Lipinski definition) is 7. The number of amides is 1. The second kappa shape index (κ2) is 11.8. The molecule has 0 radical (unpaired) electrons. The average Bonchev–Trinajstić information content (AvgIpc) is 3.28. The van der Waals surface area contributed by atoms with Crippen LogP contribution in [-0.2, 0) is 6.61 Å². The van der Waals surface area contributed by atoms with Gasteiger partial charge in [0.1, 0.15) is 17.9 Å². The lowest BCUT2D eigenvalue weighted by atomic mass is 9.98. The van der Waals surface area contributed by atoms with Gasteiger partial charge in [0.2, 0.25) is 5.76 Å². The SMILES string of the molecule is CCN(CC)CCN1C(=O)c2oc3cc(OC)ccc3c(=O)c2C1c1ccc(OCc2ccccc2)c(OC)c1. The summed E-state index contributed by atoms with van der Waals surface area (Å²) >= 11 is 0. The summed E-state index contributed by atoms with van der Waals surface area (Å²) in [4.78, 5) is 31.6. The number of benzene rings is 3. The molecule has 1 atom stereocenters. The summed E-state index contributed by atoms with van der Waals surface area (Å²) < 4.78 is 23.2. The molecule has 0 aliphatic carbocycles. The molecule has 4 aromatic rings. The molecule has 208 valence electrons. The fraction of sp³-hybridized carbons (Fsp3) is 0.312. The van der Waals surface area contributed by atoms with Gasteiger partial charge in [0.05, 0.1) is 31.2 Å². The van der Waals surface area contributed by atoms with Crippen LogP contribution >= 0.6 is 0 Å². The number of fused-ring (bicyclic) bond motifs is 2. The van der Waals surface area contributed by atoms with E-state index < -0.39 is 6.04 Å². The summed E-state index contributed by atoms with van der Waals surface area (Å²) in [5.41, 5.74) is 2.21. The molecule has 40 heavy (non-hydrogen) atoms. The first kappa shape index (κ1) is 27.3. The minimum Gasteiger partial charge on any atom is -0.497 e. The molecule has 3 aromatic carbocycles. The van der Waals surface area contributed by atoms with Crippen molar-refractivity contribution >= 4 is 16.9 Å². The summed E-state index contributed by atoms with van der Waals surface area (Å²) in [6.45, 7) is 7.38. The zero-order chi connectivity index (χ0) is 28.2. The maximum absolute atomic E-state index is 13.9. The van der Waals surface area contributed by atoms with E-state index >= 15 is 0 Å². The molecule has 8 nitrogen and oxygen atoms in total. The molecule has 0 N–H and O–H groups in total. The smallest absolute Gasteiger partial charge is 0.290 e. The fourth-order valence-corrected chi connectivity index (χ4v) is 5.20. The molecule has 0 saturated heterocycles. The van der Waals surface area contributed by atoms with Gasteiger partial charge in [-0.15, -0.1) is 0 Å². The van der Waals surface area contributed by atoms with Gasteiger partial charge in [-0.25, -0.2) is 0 Å². The van der Waals surface area contributed by atoms with Crippen LogP contribution in [0.3, 0.4) is 0 Å². The first-order valence-electron chi connectivity index (χ1n) is 13.5. The normalized spacial score (nSPS) is 14.6. The van der Waals surface area contributed by atoms with Gasteiger partial charge in [-0.1, -0.05) is 50.2 Å². The van der Waals surface area contributed by atoms with Crippen molar-refractivity contribution < 1.29 is 23.4 Å². The third-order valence-electron chi connectivity index (χ3n) is 7.47. The summed E-state index contributed by atoms with van der Waals surface area (Å²) in [6.07, 6.45) is 0. The highest BCUT2D eigenvalue weighted by molar-refractivity contribution is 5.99. The van der Waals surface area contributed by atoms with E-state index in [1.807, 2.05) is 48.5 Å². The van der Waals surface area contributed by atoms with Gasteiger partial charge in [0.25, 0.3) is 5.91 Å². The van der Waals surface area contributed by atoms with Crippen LogP contribution in [0, 0.1) is 0 Å². The molecule has 0 fully saturated rings. The number of likely N-dealkylation sites (N-methyl/N-ethyl adjacent to an activating group) is 1. The van der Waals surface area contributed by atoms with Crippen LogP contribution in [0.5, 0.6) is 17.2 Å². The quantitative estimate of drug-likeness (QED) is 0.255. The number of ether oxygens (including phenoxy) is 3. The van der Waals surface area contributed by atoms with Crippen molar-refractivity contribution in [2.75, 3.05) is 40.4 Å². The third-order valence-corrected chi connectivity index (χ3v) is 7.47. The van der Waals surface area contributed by atoms with Crippen LogP contribution in [0.25, 0.3) is 11.0 Å². The van der Waals surface area contributed by atoms with Gasteiger partial charge in [-0.3, -0.25) is 9.59 Å². The second-order valence-electron chi connectivity index (χ2n) is 9.65. The van der Waals surface area contributed by atoms with E-state index in [-0.39, 0.29) is 17.1 Å². The highest BCUT2D eigenvalue weighted by Crippen LogP contribution is 2.41. The van der Waals surface area contributed by atoms with Crippen LogP contribution in [0.15, 0.2) is 75.9 Å². The maximum atomic E-state index is 13.9. The number of nitrogens with zero attached hydrogens (tertiary/aromatic N) is 2. The lowest BCUT2D eigenvalue weighted by molar-refractivity contribution is 0.0708. The summed E-state index contributed by atoms with van der Waals surface area (Å²) in [5, 5.41) is 0.401. The highest BCUT2D eigenvalue weighted by atomic mass is 16.5. The van der Waals surface area contributed by atoms with Crippen molar-refractivity contribution in [3.63, 3.8) is 0 Å². The number of hydrogen-bond donors (Lipinski definition) is 0. The molecule has 0 saturated carbocycles. The Kier molecular flexibility index (Phi) is 8.07. The zero-order valence-corrected chi connectivity index (χ0v) is 23.3. The highest BCUT2D eigenvalue weighted by Gasteiger charge is 2.43. The van der Waals surface area contributed by atoms with E-state index in [4.69, 9.17) is 18.6 Å². The van der Waals surface area contributed by atoms with E-state index in [0.29, 0.717) is 53.5 Å². The van der Waals surface area contributed by atoms with Gasteiger partial charge in [-0.05, 0) is 48.5 Å². The van der Waals surface area contributed by atoms with Crippen LogP contribution in [0.1, 0.15) is 47.1 Å². The number of rotatable bonds is 11. The molecular weight excluding hydrogens is 508 g/mol. The van der Waals surface area contributed by atoms with E-state index in [9.17, 15) is 9.59 Å². The van der Waals surface area contributed by atoms with Crippen LogP contribution in [-0.4, -0.2) is 56.1 Å². The van der Waals surface area contributed by atoms with Gasteiger partial charge < -0.3 is 28.4 Å².